The van der Waals surface area contributed by atoms with Crippen LogP contribution in [0.1, 0.15) is 16.1 Å². The van der Waals surface area contributed by atoms with Crippen LogP contribution in [0, 0.1) is 0 Å². The highest BCUT2D eigenvalue weighted by atomic mass is 19.4. The van der Waals surface area contributed by atoms with Gasteiger partial charge in [-0.05, 0) is 6.07 Å². The monoisotopic (exact) mass is 304 g/mol. The number of ether oxygens (including phenoxy) is 2. The Labute approximate surface area is 107 Å². The van der Waals surface area contributed by atoms with Crippen LogP contribution in [-0.2, 0) is 10.9 Å². The molecule has 0 amide bonds. The maximum atomic E-state index is 12.5. The topological polar surface area (TPSA) is 74.4 Å². The molecule has 1 rings (SSSR count). The summed E-state index contributed by atoms with van der Waals surface area (Å²) in [5.41, 5.74) is 1.19. The van der Waals surface area contributed by atoms with Crippen LogP contribution in [0.25, 0.3) is 0 Å². The summed E-state index contributed by atoms with van der Waals surface area (Å²) in [6.07, 6.45) is -10.4. The number of carbonyl (C=O) groups is 1. The molecule has 0 bridgehead atoms. The number of anilines is 1. The van der Waals surface area contributed by atoms with Gasteiger partial charge in [0.1, 0.15) is 5.56 Å². The van der Waals surface area contributed by atoms with Crippen LogP contribution in [0.3, 0.4) is 0 Å². The number of pyridine rings is 1. The molecule has 0 spiro atoms. The molecule has 0 aromatic carbocycles. The first-order valence-electron chi connectivity index (χ1n) is 4.67. The summed E-state index contributed by atoms with van der Waals surface area (Å²) in [5, 5.41) is 0. The van der Waals surface area contributed by atoms with Crippen molar-refractivity contribution in [2.75, 3.05) is 12.8 Å². The fraction of sp³-hybridized carbons (Fsp3) is 0.333. The fourth-order valence-electron chi connectivity index (χ4n) is 1.18. The Balaban J connectivity index is 3.46. The number of hydrogen-bond acceptors (Lipinski definition) is 5. The van der Waals surface area contributed by atoms with E-state index in [1.165, 1.54) is 0 Å². The molecule has 5 nitrogen and oxygen atoms in total. The number of methoxy groups -OCH3 is 1. The van der Waals surface area contributed by atoms with Crippen molar-refractivity contribution in [1.82, 2.24) is 4.98 Å². The van der Waals surface area contributed by atoms with Crippen molar-refractivity contribution < 1.29 is 40.6 Å². The van der Waals surface area contributed by atoms with Crippen LogP contribution in [0.4, 0.5) is 32.0 Å². The highest BCUT2D eigenvalue weighted by Gasteiger charge is 2.40. The van der Waals surface area contributed by atoms with Gasteiger partial charge in [0.25, 0.3) is 0 Å². The lowest BCUT2D eigenvalue weighted by atomic mass is 10.2. The first-order valence-corrected chi connectivity index (χ1v) is 4.67. The molecule has 0 atom stereocenters. The van der Waals surface area contributed by atoms with Gasteiger partial charge in [-0.3, -0.25) is 0 Å². The molecule has 0 aliphatic carbocycles. The second-order valence-corrected chi connectivity index (χ2v) is 3.32. The predicted molar refractivity (Wildman–Crippen MR) is 51.7 cm³/mol. The van der Waals surface area contributed by atoms with E-state index in [9.17, 15) is 31.1 Å². The van der Waals surface area contributed by atoms with E-state index in [4.69, 9.17) is 5.73 Å². The fourth-order valence-corrected chi connectivity index (χ4v) is 1.18. The lowest BCUT2D eigenvalue weighted by molar-refractivity contribution is -0.276. The predicted octanol–water partition coefficient (Wildman–Crippen LogP) is 2.37. The molecule has 1 aromatic rings. The molecule has 0 fully saturated rings. The lowest BCUT2D eigenvalue weighted by Gasteiger charge is -2.15. The van der Waals surface area contributed by atoms with Crippen molar-refractivity contribution in [3.05, 3.63) is 17.3 Å². The number of esters is 1. The molecule has 2 N–H and O–H groups in total. The Kier molecular flexibility index (Phi) is 4.01. The van der Waals surface area contributed by atoms with Crippen molar-refractivity contribution in [2.24, 2.45) is 0 Å². The van der Waals surface area contributed by atoms with Crippen molar-refractivity contribution in [2.45, 2.75) is 12.5 Å². The number of aromatic nitrogens is 1. The van der Waals surface area contributed by atoms with Gasteiger partial charge in [-0.25, -0.2) is 9.78 Å². The van der Waals surface area contributed by atoms with Crippen molar-refractivity contribution >= 4 is 11.7 Å². The standard InChI is InChI=1S/C9H6F6N2O3/c1-19-7(18)3-2-4(16)5(8(10,11)12)17-6(3)20-9(13,14)15/h2H,16H2,1H3. The normalized spacial score (nSPS) is 12.2. The van der Waals surface area contributed by atoms with Crippen LogP contribution in [0.2, 0.25) is 0 Å². The first kappa shape index (κ1) is 15.9. The highest BCUT2D eigenvalue weighted by molar-refractivity contribution is 5.93. The smallest absolute Gasteiger partial charge is 0.465 e. The minimum absolute atomic E-state index is 0.350. The number of nitrogen functional groups attached to an aromatic ring is 1. The number of nitrogens with zero attached hydrogens (tertiary/aromatic N) is 1. The zero-order valence-electron chi connectivity index (χ0n) is 9.59. The van der Waals surface area contributed by atoms with E-state index in [0.717, 1.165) is 7.11 Å². The summed E-state index contributed by atoms with van der Waals surface area (Å²) in [5.74, 6) is -2.97. The van der Waals surface area contributed by atoms with E-state index in [2.05, 4.69) is 14.5 Å². The molecule has 20 heavy (non-hydrogen) atoms. The molecular formula is C9H6F6N2O3. The first-order chi connectivity index (χ1) is 8.95. The molecular weight excluding hydrogens is 298 g/mol. The molecule has 0 aliphatic rings. The van der Waals surface area contributed by atoms with E-state index < -0.39 is 41.3 Å². The van der Waals surface area contributed by atoms with Gasteiger partial charge in [0.2, 0.25) is 5.88 Å². The van der Waals surface area contributed by atoms with Gasteiger partial charge in [0, 0.05) is 0 Å². The van der Waals surface area contributed by atoms with Gasteiger partial charge in [0.05, 0.1) is 12.8 Å². The number of rotatable bonds is 2. The van der Waals surface area contributed by atoms with E-state index >= 15 is 0 Å². The van der Waals surface area contributed by atoms with Gasteiger partial charge in [-0.15, -0.1) is 13.2 Å². The van der Waals surface area contributed by atoms with Crippen molar-refractivity contribution in [1.29, 1.82) is 0 Å². The Bertz CT molecular complexity index is 526. The molecule has 1 aromatic heterocycles. The van der Waals surface area contributed by atoms with Gasteiger partial charge in [-0.2, -0.15) is 13.2 Å². The van der Waals surface area contributed by atoms with E-state index in [1.807, 2.05) is 0 Å². The molecule has 0 radical (unpaired) electrons. The SMILES string of the molecule is COC(=O)c1cc(N)c(C(F)(F)F)nc1OC(F)(F)F. The summed E-state index contributed by atoms with van der Waals surface area (Å²) in [6, 6.07) is 0.350. The summed E-state index contributed by atoms with van der Waals surface area (Å²) >= 11 is 0. The maximum absolute atomic E-state index is 12.5. The van der Waals surface area contributed by atoms with Crippen LogP contribution >= 0.6 is 0 Å². The molecule has 11 heteroatoms. The Hall–Kier alpha value is -2.20. The van der Waals surface area contributed by atoms with Crippen LogP contribution in [-0.4, -0.2) is 24.4 Å². The van der Waals surface area contributed by atoms with E-state index in [-0.39, 0.29) is 0 Å². The van der Waals surface area contributed by atoms with Gasteiger partial charge in [-0.1, -0.05) is 0 Å². The zero-order chi connectivity index (χ0) is 15.7. The Morgan fingerprint density at radius 1 is 1.25 bits per heavy atom. The second kappa shape index (κ2) is 5.06. The second-order valence-electron chi connectivity index (χ2n) is 3.32. The molecule has 1 heterocycles. The van der Waals surface area contributed by atoms with Crippen LogP contribution in [0.5, 0.6) is 5.88 Å². The largest absolute Gasteiger partial charge is 0.574 e. The summed E-state index contributed by atoms with van der Waals surface area (Å²) in [6.45, 7) is 0. The van der Waals surface area contributed by atoms with Gasteiger partial charge >= 0.3 is 18.5 Å². The minimum Gasteiger partial charge on any atom is -0.465 e. The van der Waals surface area contributed by atoms with E-state index in [0.29, 0.717) is 6.07 Å². The average molecular weight is 304 g/mol. The molecule has 0 aliphatic heterocycles. The number of halogens is 6. The zero-order valence-corrected chi connectivity index (χ0v) is 9.59. The third-order valence-corrected chi connectivity index (χ3v) is 1.90. The minimum atomic E-state index is -5.34. The summed E-state index contributed by atoms with van der Waals surface area (Å²) in [4.78, 5) is 13.8. The summed E-state index contributed by atoms with van der Waals surface area (Å²) in [7, 11) is 0.813. The highest BCUT2D eigenvalue weighted by Crippen LogP contribution is 2.36. The van der Waals surface area contributed by atoms with Crippen molar-refractivity contribution in [3.8, 4) is 5.88 Å². The number of hydrogen-bond donors (Lipinski definition) is 1. The molecule has 112 valence electrons. The third-order valence-electron chi connectivity index (χ3n) is 1.90. The van der Waals surface area contributed by atoms with Gasteiger partial charge < -0.3 is 15.2 Å². The maximum Gasteiger partial charge on any atom is 0.574 e. The Morgan fingerprint density at radius 3 is 2.20 bits per heavy atom. The van der Waals surface area contributed by atoms with Gasteiger partial charge in [0.15, 0.2) is 5.69 Å². The quantitative estimate of drug-likeness (QED) is 0.670. The molecule has 0 saturated carbocycles. The number of nitrogens with two attached hydrogens (primary N) is 1. The number of carbonyl (C=O) groups excluding carboxylic acids is 1. The number of alkyl halides is 6. The van der Waals surface area contributed by atoms with Crippen LogP contribution < -0.4 is 10.5 Å². The lowest BCUT2D eigenvalue weighted by Crippen LogP contribution is -2.22. The van der Waals surface area contributed by atoms with Crippen LogP contribution in [0.15, 0.2) is 6.07 Å². The summed E-state index contributed by atoms with van der Waals surface area (Å²) < 4.78 is 81.1. The Morgan fingerprint density at radius 2 is 1.80 bits per heavy atom. The average Bonchev–Trinajstić information content (AvgIpc) is 2.26. The third kappa shape index (κ3) is 3.65. The van der Waals surface area contributed by atoms with Crippen molar-refractivity contribution in [3.63, 3.8) is 0 Å². The molecule has 0 unspecified atom stereocenters. The molecule has 0 saturated heterocycles. The van der Waals surface area contributed by atoms with E-state index in [1.54, 1.807) is 0 Å².